The molecule has 1 saturated heterocycles. The lowest BCUT2D eigenvalue weighted by Gasteiger charge is -2.21. The Bertz CT molecular complexity index is 1070. The van der Waals surface area contributed by atoms with E-state index in [9.17, 15) is 4.79 Å². The van der Waals surface area contributed by atoms with Crippen molar-refractivity contribution in [1.82, 2.24) is 40.3 Å². The Balaban J connectivity index is 1.33. The van der Waals surface area contributed by atoms with E-state index in [1.54, 1.807) is 11.3 Å². The molecule has 4 heterocycles. The van der Waals surface area contributed by atoms with E-state index in [2.05, 4.69) is 36.7 Å². The first-order chi connectivity index (χ1) is 13.8. The first kappa shape index (κ1) is 16.8. The average molecular weight is 395 g/mol. The van der Waals surface area contributed by atoms with Gasteiger partial charge in [0.1, 0.15) is 11.9 Å². The number of carbonyl (C=O) groups is 1. The number of nitrogens with zero attached hydrogens (tertiary/aromatic N) is 8. The van der Waals surface area contributed by atoms with Crippen LogP contribution in [-0.2, 0) is 0 Å². The summed E-state index contributed by atoms with van der Waals surface area (Å²) in [6.45, 7) is 2.91. The SMILES string of the molecule is O=C(c1cn[nH]c1-n1cnnn1)N1CCCN(c2nc3ccccc3s2)CC1. The van der Waals surface area contributed by atoms with E-state index >= 15 is 0 Å². The summed E-state index contributed by atoms with van der Waals surface area (Å²) in [6, 6.07) is 8.15. The smallest absolute Gasteiger partial charge is 0.259 e. The average Bonchev–Trinajstić information content (AvgIpc) is 3.44. The van der Waals surface area contributed by atoms with E-state index in [4.69, 9.17) is 4.98 Å². The van der Waals surface area contributed by atoms with Gasteiger partial charge in [-0.25, -0.2) is 4.98 Å². The zero-order valence-corrected chi connectivity index (χ0v) is 15.7. The molecule has 0 aliphatic carbocycles. The first-order valence-electron chi connectivity index (χ1n) is 8.96. The van der Waals surface area contributed by atoms with Gasteiger partial charge in [-0.05, 0) is 29.0 Å². The molecule has 4 aromatic rings. The number of aromatic amines is 1. The number of aromatic nitrogens is 7. The van der Waals surface area contributed by atoms with Gasteiger partial charge >= 0.3 is 0 Å². The third kappa shape index (κ3) is 2.99. The van der Waals surface area contributed by atoms with Gasteiger partial charge in [0.2, 0.25) is 0 Å². The molecular formula is C17H17N9OS. The maximum absolute atomic E-state index is 13.1. The van der Waals surface area contributed by atoms with Gasteiger partial charge in [0.25, 0.3) is 5.91 Å². The molecule has 3 aromatic heterocycles. The highest BCUT2D eigenvalue weighted by Gasteiger charge is 2.25. The van der Waals surface area contributed by atoms with E-state index in [-0.39, 0.29) is 5.91 Å². The fraction of sp³-hybridized carbons (Fsp3) is 0.294. The van der Waals surface area contributed by atoms with E-state index in [0.717, 1.165) is 30.2 Å². The van der Waals surface area contributed by atoms with Crippen LogP contribution in [0.3, 0.4) is 0 Å². The number of amides is 1. The van der Waals surface area contributed by atoms with Crippen LogP contribution < -0.4 is 4.90 Å². The van der Waals surface area contributed by atoms with Gasteiger partial charge in [0, 0.05) is 26.2 Å². The van der Waals surface area contributed by atoms with Crippen molar-refractivity contribution >= 4 is 32.6 Å². The molecule has 1 aliphatic heterocycles. The molecule has 1 N–H and O–H groups in total. The number of tetrazole rings is 1. The number of H-pyrrole nitrogens is 1. The third-order valence-electron chi connectivity index (χ3n) is 4.76. The molecule has 28 heavy (non-hydrogen) atoms. The topological polar surface area (TPSA) is 109 Å². The predicted molar refractivity (Wildman–Crippen MR) is 104 cm³/mol. The number of benzene rings is 1. The second-order valence-corrected chi connectivity index (χ2v) is 7.49. The van der Waals surface area contributed by atoms with Crippen LogP contribution in [0.5, 0.6) is 0 Å². The number of para-hydroxylation sites is 1. The fourth-order valence-electron chi connectivity index (χ4n) is 3.35. The van der Waals surface area contributed by atoms with Crippen molar-refractivity contribution in [2.24, 2.45) is 0 Å². The van der Waals surface area contributed by atoms with Crippen molar-refractivity contribution in [2.45, 2.75) is 6.42 Å². The van der Waals surface area contributed by atoms with Gasteiger partial charge in [-0.15, -0.1) is 5.10 Å². The predicted octanol–water partition coefficient (Wildman–Crippen LogP) is 1.35. The van der Waals surface area contributed by atoms with Crippen LogP contribution in [0.2, 0.25) is 0 Å². The maximum Gasteiger partial charge on any atom is 0.259 e. The van der Waals surface area contributed by atoms with Crippen molar-refractivity contribution in [1.29, 1.82) is 0 Å². The Hall–Kier alpha value is -3.34. The molecule has 142 valence electrons. The molecule has 1 fully saturated rings. The molecular weight excluding hydrogens is 378 g/mol. The second-order valence-electron chi connectivity index (χ2n) is 6.48. The molecule has 1 aliphatic rings. The number of rotatable bonds is 3. The van der Waals surface area contributed by atoms with Gasteiger partial charge in [0.15, 0.2) is 10.9 Å². The van der Waals surface area contributed by atoms with E-state index in [0.29, 0.717) is 24.5 Å². The number of nitrogens with one attached hydrogen (secondary N) is 1. The minimum atomic E-state index is -0.0783. The van der Waals surface area contributed by atoms with E-state index in [1.807, 2.05) is 23.1 Å². The molecule has 1 amide bonds. The zero-order chi connectivity index (χ0) is 18.9. The third-order valence-corrected chi connectivity index (χ3v) is 5.86. The summed E-state index contributed by atoms with van der Waals surface area (Å²) in [5, 5.41) is 18.9. The summed E-state index contributed by atoms with van der Waals surface area (Å²) >= 11 is 1.69. The standard InChI is InChI=1S/C17H17N9OS/c27-16(12-10-18-21-15(12)26-11-19-22-23-26)24-6-3-7-25(9-8-24)17-20-13-4-1-2-5-14(13)28-17/h1-2,4-5,10-11H,3,6-9H2,(H,18,21). The largest absolute Gasteiger partial charge is 0.346 e. The summed E-state index contributed by atoms with van der Waals surface area (Å²) in [7, 11) is 0. The number of anilines is 1. The normalized spacial score (nSPS) is 15.1. The lowest BCUT2D eigenvalue weighted by atomic mass is 10.2. The molecule has 0 atom stereocenters. The molecule has 0 spiro atoms. The maximum atomic E-state index is 13.1. The quantitative estimate of drug-likeness (QED) is 0.558. The highest BCUT2D eigenvalue weighted by molar-refractivity contribution is 7.22. The molecule has 1 aromatic carbocycles. The Labute approximate surface area is 163 Å². The van der Waals surface area contributed by atoms with Gasteiger partial charge < -0.3 is 9.80 Å². The zero-order valence-electron chi connectivity index (χ0n) is 14.9. The number of fused-ring (bicyclic) bond motifs is 1. The molecule has 11 heteroatoms. The molecule has 0 unspecified atom stereocenters. The van der Waals surface area contributed by atoms with Crippen LogP contribution in [0, 0.1) is 0 Å². The summed E-state index contributed by atoms with van der Waals surface area (Å²) in [4.78, 5) is 21.9. The van der Waals surface area contributed by atoms with Crippen molar-refractivity contribution in [3.8, 4) is 5.82 Å². The Morgan fingerprint density at radius 1 is 1.14 bits per heavy atom. The molecule has 10 nitrogen and oxygen atoms in total. The summed E-state index contributed by atoms with van der Waals surface area (Å²) in [6.07, 6.45) is 3.83. The number of hydrogen-bond acceptors (Lipinski definition) is 8. The highest BCUT2D eigenvalue weighted by atomic mass is 32.1. The lowest BCUT2D eigenvalue weighted by molar-refractivity contribution is 0.0767. The van der Waals surface area contributed by atoms with Crippen LogP contribution in [0.4, 0.5) is 5.13 Å². The number of carbonyl (C=O) groups excluding carboxylic acids is 1. The number of thiazole rings is 1. The Morgan fingerprint density at radius 2 is 2.07 bits per heavy atom. The van der Waals surface area contributed by atoms with Gasteiger partial charge in [-0.3, -0.25) is 9.89 Å². The van der Waals surface area contributed by atoms with E-state index in [1.165, 1.54) is 21.9 Å². The van der Waals surface area contributed by atoms with Crippen molar-refractivity contribution in [3.05, 3.63) is 42.4 Å². The highest BCUT2D eigenvalue weighted by Crippen LogP contribution is 2.29. The summed E-state index contributed by atoms with van der Waals surface area (Å²) < 4.78 is 2.59. The van der Waals surface area contributed by atoms with Crippen LogP contribution in [0.15, 0.2) is 36.8 Å². The minimum Gasteiger partial charge on any atom is -0.346 e. The van der Waals surface area contributed by atoms with Gasteiger partial charge in [-0.1, -0.05) is 23.5 Å². The summed E-state index contributed by atoms with van der Waals surface area (Å²) in [5.41, 5.74) is 1.48. The second kappa shape index (κ2) is 7.00. The molecule has 5 rings (SSSR count). The van der Waals surface area contributed by atoms with Crippen molar-refractivity contribution in [3.63, 3.8) is 0 Å². The Kier molecular flexibility index (Phi) is 4.20. The molecule has 0 bridgehead atoms. The Morgan fingerprint density at radius 3 is 2.93 bits per heavy atom. The minimum absolute atomic E-state index is 0.0783. The van der Waals surface area contributed by atoms with Crippen LogP contribution >= 0.6 is 11.3 Å². The van der Waals surface area contributed by atoms with Crippen LogP contribution in [0.25, 0.3) is 16.0 Å². The molecule has 0 saturated carbocycles. The number of hydrogen-bond donors (Lipinski definition) is 1. The first-order valence-corrected chi connectivity index (χ1v) is 9.78. The summed E-state index contributed by atoms with van der Waals surface area (Å²) in [5.74, 6) is 0.396. The van der Waals surface area contributed by atoms with Crippen molar-refractivity contribution in [2.75, 3.05) is 31.1 Å². The molecule has 0 radical (unpaired) electrons. The fourth-order valence-corrected chi connectivity index (χ4v) is 4.37. The lowest BCUT2D eigenvalue weighted by Crippen LogP contribution is -2.35. The van der Waals surface area contributed by atoms with Crippen LogP contribution in [-0.4, -0.2) is 72.4 Å². The van der Waals surface area contributed by atoms with Crippen molar-refractivity contribution < 1.29 is 4.79 Å². The van der Waals surface area contributed by atoms with Gasteiger partial charge in [0.05, 0.1) is 16.4 Å². The monoisotopic (exact) mass is 395 g/mol. The van der Waals surface area contributed by atoms with Gasteiger partial charge in [-0.2, -0.15) is 9.78 Å². The van der Waals surface area contributed by atoms with E-state index < -0.39 is 0 Å². The van der Waals surface area contributed by atoms with Crippen LogP contribution in [0.1, 0.15) is 16.8 Å².